The molecule has 0 saturated heterocycles. The van der Waals surface area contributed by atoms with Gasteiger partial charge in [-0.3, -0.25) is 0 Å². The molecule has 2 N–H and O–H groups in total. The van der Waals surface area contributed by atoms with Crippen LogP contribution in [0.25, 0.3) is 0 Å². The Morgan fingerprint density at radius 2 is 2.31 bits per heavy atom. The fourth-order valence-electron chi connectivity index (χ4n) is 1.75. The third-order valence-corrected chi connectivity index (χ3v) is 3.12. The minimum absolute atomic E-state index is 0.452. The summed E-state index contributed by atoms with van der Waals surface area (Å²) in [5.41, 5.74) is 2.51. The van der Waals surface area contributed by atoms with E-state index in [-0.39, 0.29) is 0 Å². The van der Waals surface area contributed by atoms with E-state index in [0.717, 1.165) is 17.3 Å². The zero-order valence-corrected chi connectivity index (χ0v) is 9.21. The van der Waals surface area contributed by atoms with Crippen LogP contribution in [-0.2, 0) is 6.42 Å². The summed E-state index contributed by atoms with van der Waals surface area (Å²) in [6, 6.07) is 6.72. The first-order valence-corrected chi connectivity index (χ1v) is 5.30. The Balaban J connectivity index is 2.44. The topological polar surface area (TPSA) is 29.3 Å². The highest BCUT2D eigenvalue weighted by atomic mass is 79.9. The molecule has 0 bridgehead atoms. The minimum atomic E-state index is 0.452. The Morgan fingerprint density at radius 3 is 3.08 bits per heavy atom. The molecule has 1 aliphatic heterocycles. The molecule has 3 heteroatoms. The largest absolute Gasteiger partial charge is 0.308 e. The maximum atomic E-state index is 5.96. The predicted octanol–water partition coefficient (Wildman–Crippen LogP) is 2.46. The summed E-state index contributed by atoms with van der Waals surface area (Å²) in [5, 5.41) is 1.87. The number of nitrogens with two attached hydrogens (primary N) is 1. The van der Waals surface area contributed by atoms with Crippen LogP contribution < -0.4 is 10.9 Å². The van der Waals surface area contributed by atoms with E-state index in [0.29, 0.717) is 6.04 Å². The standard InChI is InChI=1S/C10H13BrN2/c1-7-2-3-8-6-9(11)4-5-10(8)13(7)12/h4-7H,2-3,12H2,1H3/t7-/m1/s1. The van der Waals surface area contributed by atoms with Gasteiger partial charge in [0.1, 0.15) is 0 Å². The molecule has 0 saturated carbocycles. The summed E-state index contributed by atoms with van der Waals surface area (Å²) < 4.78 is 1.13. The van der Waals surface area contributed by atoms with E-state index >= 15 is 0 Å². The average Bonchev–Trinajstić information content (AvgIpc) is 2.12. The number of rotatable bonds is 0. The third kappa shape index (κ3) is 1.58. The van der Waals surface area contributed by atoms with Crippen LogP contribution in [0.1, 0.15) is 18.9 Å². The monoisotopic (exact) mass is 240 g/mol. The van der Waals surface area contributed by atoms with Crippen molar-refractivity contribution in [3.63, 3.8) is 0 Å². The Kier molecular flexibility index (Phi) is 2.30. The molecule has 0 unspecified atom stereocenters. The fourth-order valence-corrected chi connectivity index (χ4v) is 2.16. The van der Waals surface area contributed by atoms with Gasteiger partial charge in [0, 0.05) is 10.5 Å². The summed E-state index contributed by atoms with van der Waals surface area (Å²) in [6.07, 6.45) is 2.27. The first kappa shape index (κ1) is 9.03. The Labute approximate surface area is 86.8 Å². The van der Waals surface area contributed by atoms with Crippen LogP contribution in [0.3, 0.4) is 0 Å². The van der Waals surface area contributed by atoms with Crippen LogP contribution >= 0.6 is 15.9 Å². The molecule has 1 atom stereocenters. The van der Waals surface area contributed by atoms with Gasteiger partial charge in [0.25, 0.3) is 0 Å². The first-order valence-electron chi connectivity index (χ1n) is 4.51. The van der Waals surface area contributed by atoms with Crippen LogP contribution in [0.5, 0.6) is 0 Å². The van der Waals surface area contributed by atoms with Gasteiger partial charge in [-0.15, -0.1) is 0 Å². The van der Waals surface area contributed by atoms with Crippen LogP contribution in [0.2, 0.25) is 0 Å². The lowest BCUT2D eigenvalue weighted by atomic mass is 9.98. The van der Waals surface area contributed by atoms with Gasteiger partial charge in [-0.1, -0.05) is 15.9 Å². The number of nitrogens with zero attached hydrogens (tertiary/aromatic N) is 1. The molecule has 1 heterocycles. The number of hydrazine groups is 1. The summed E-state index contributed by atoms with van der Waals surface area (Å²) in [6.45, 7) is 2.16. The quantitative estimate of drug-likeness (QED) is 0.707. The summed E-state index contributed by atoms with van der Waals surface area (Å²) in [7, 11) is 0. The van der Waals surface area contributed by atoms with E-state index in [2.05, 4.69) is 35.0 Å². The lowest BCUT2D eigenvalue weighted by Gasteiger charge is -2.33. The van der Waals surface area contributed by atoms with E-state index in [1.54, 1.807) is 0 Å². The van der Waals surface area contributed by atoms with Crippen LogP contribution in [-0.4, -0.2) is 6.04 Å². The van der Waals surface area contributed by atoms with Gasteiger partial charge in [-0.2, -0.15) is 0 Å². The van der Waals surface area contributed by atoms with Crippen molar-refractivity contribution in [2.45, 2.75) is 25.8 Å². The second-order valence-corrected chi connectivity index (χ2v) is 4.48. The molecule has 1 aliphatic rings. The number of anilines is 1. The van der Waals surface area contributed by atoms with Crippen LogP contribution in [0, 0.1) is 0 Å². The summed E-state index contributed by atoms with van der Waals surface area (Å²) in [5.74, 6) is 5.96. The lowest BCUT2D eigenvalue weighted by Crippen LogP contribution is -2.42. The Morgan fingerprint density at radius 1 is 1.54 bits per heavy atom. The Bertz CT molecular complexity index is 325. The molecule has 1 aromatic carbocycles. The van der Waals surface area contributed by atoms with Crippen molar-refractivity contribution < 1.29 is 0 Å². The zero-order valence-electron chi connectivity index (χ0n) is 7.63. The number of benzene rings is 1. The molecule has 0 radical (unpaired) electrons. The van der Waals surface area contributed by atoms with Gasteiger partial charge in [-0.25, -0.2) is 5.84 Å². The van der Waals surface area contributed by atoms with Crippen molar-refractivity contribution in [2.24, 2.45) is 5.84 Å². The number of halogens is 1. The highest BCUT2D eigenvalue weighted by Crippen LogP contribution is 2.30. The molecule has 0 fully saturated rings. The minimum Gasteiger partial charge on any atom is -0.308 e. The number of hydrogen-bond donors (Lipinski definition) is 1. The second-order valence-electron chi connectivity index (χ2n) is 3.57. The predicted molar refractivity (Wildman–Crippen MR) is 58.6 cm³/mol. The molecular weight excluding hydrogens is 228 g/mol. The smallest absolute Gasteiger partial charge is 0.0553 e. The van der Waals surface area contributed by atoms with Gasteiger partial charge in [-0.05, 0) is 43.5 Å². The number of fused-ring (bicyclic) bond motifs is 1. The van der Waals surface area contributed by atoms with Crippen molar-refractivity contribution in [1.29, 1.82) is 0 Å². The van der Waals surface area contributed by atoms with Crippen LogP contribution in [0.15, 0.2) is 22.7 Å². The number of hydrogen-bond acceptors (Lipinski definition) is 2. The van der Waals surface area contributed by atoms with Crippen molar-refractivity contribution >= 4 is 21.6 Å². The summed E-state index contributed by atoms with van der Waals surface area (Å²) >= 11 is 3.47. The number of aryl methyl sites for hydroxylation is 1. The van der Waals surface area contributed by atoms with E-state index in [9.17, 15) is 0 Å². The van der Waals surface area contributed by atoms with E-state index in [1.165, 1.54) is 11.3 Å². The Hall–Kier alpha value is -0.540. The van der Waals surface area contributed by atoms with Crippen molar-refractivity contribution in [2.75, 3.05) is 5.01 Å². The van der Waals surface area contributed by atoms with E-state index in [1.807, 2.05) is 11.1 Å². The molecular formula is C10H13BrN2. The molecule has 0 aromatic heterocycles. The average molecular weight is 241 g/mol. The van der Waals surface area contributed by atoms with Crippen LogP contribution in [0.4, 0.5) is 5.69 Å². The normalized spacial score (nSPS) is 21.5. The van der Waals surface area contributed by atoms with Gasteiger partial charge >= 0.3 is 0 Å². The van der Waals surface area contributed by atoms with Gasteiger partial charge in [0.15, 0.2) is 0 Å². The fraction of sp³-hybridized carbons (Fsp3) is 0.400. The summed E-state index contributed by atoms with van der Waals surface area (Å²) in [4.78, 5) is 0. The lowest BCUT2D eigenvalue weighted by molar-refractivity contribution is 0.574. The molecule has 1 aromatic rings. The molecule has 0 amide bonds. The SMILES string of the molecule is C[C@@H]1CCc2cc(Br)ccc2N1N. The van der Waals surface area contributed by atoms with Gasteiger partial charge in [0.2, 0.25) is 0 Å². The molecule has 2 rings (SSSR count). The van der Waals surface area contributed by atoms with Crippen molar-refractivity contribution in [1.82, 2.24) is 0 Å². The van der Waals surface area contributed by atoms with Gasteiger partial charge in [0.05, 0.1) is 5.69 Å². The maximum Gasteiger partial charge on any atom is 0.0553 e. The second kappa shape index (κ2) is 3.31. The molecule has 0 aliphatic carbocycles. The zero-order chi connectivity index (χ0) is 9.42. The van der Waals surface area contributed by atoms with Crippen molar-refractivity contribution in [3.8, 4) is 0 Å². The highest BCUT2D eigenvalue weighted by molar-refractivity contribution is 9.10. The van der Waals surface area contributed by atoms with E-state index in [4.69, 9.17) is 5.84 Å². The van der Waals surface area contributed by atoms with Gasteiger partial charge < -0.3 is 5.01 Å². The van der Waals surface area contributed by atoms with E-state index < -0.39 is 0 Å². The maximum absolute atomic E-state index is 5.96. The highest BCUT2D eigenvalue weighted by Gasteiger charge is 2.19. The first-order chi connectivity index (χ1) is 6.18. The van der Waals surface area contributed by atoms with Crippen molar-refractivity contribution in [3.05, 3.63) is 28.2 Å². The molecule has 13 heavy (non-hydrogen) atoms. The third-order valence-electron chi connectivity index (χ3n) is 2.63. The molecule has 70 valence electrons. The molecule has 2 nitrogen and oxygen atoms in total. The molecule has 0 spiro atoms.